The number of aliphatic hydroxyl groups is 1. The van der Waals surface area contributed by atoms with E-state index in [1.807, 2.05) is 24.0 Å². The Morgan fingerprint density at radius 3 is 2.50 bits per heavy atom. The number of aromatic nitrogens is 5. The van der Waals surface area contributed by atoms with Crippen LogP contribution in [0.2, 0.25) is 0 Å². The Morgan fingerprint density at radius 1 is 1.10 bits per heavy atom. The van der Waals surface area contributed by atoms with Crippen LogP contribution < -0.4 is 0 Å². The molecular weight excluding hydrogens is 521 g/mol. The lowest BCUT2D eigenvalue weighted by Crippen LogP contribution is -2.53. The summed E-state index contributed by atoms with van der Waals surface area (Å²) in [6, 6.07) is 5.57. The zero-order valence-electron chi connectivity index (χ0n) is 22.6. The predicted molar refractivity (Wildman–Crippen MR) is 141 cm³/mol. The minimum Gasteiger partial charge on any atom is -0.382 e. The monoisotopic (exact) mass is 556 g/mol. The van der Waals surface area contributed by atoms with Gasteiger partial charge in [-0.25, -0.2) is 4.98 Å². The van der Waals surface area contributed by atoms with Crippen molar-refractivity contribution in [2.24, 2.45) is 11.3 Å². The highest BCUT2D eigenvalue weighted by atomic mass is 19.4. The quantitative estimate of drug-likeness (QED) is 0.448. The van der Waals surface area contributed by atoms with Gasteiger partial charge in [-0.3, -0.25) is 14.6 Å². The fourth-order valence-electron chi connectivity index (χ4n) is 7.33. The van der Waals surface area contributed by atoms with Crippen molar-refractivity contribution in [1.82, 2.24) is 29.9 Å². The fraction of sp³-hybridized carbons (Fsp3) is 0.655. The number of fused-ring (bicyclic) bond motifs is 1. The molecule has 3 saturated carbocycles. The molecule has 3 aromatic rings. The van der Waals surface area contributed by atoms with E-state index in [0.717, 1.165) is 66.8 Å². The topological polar surface area (TPSA) is 99.9 Å². The van der Waals surface area contributed by atoms with Crippen molar-refractivity contribution >= 4 is 16.8 Å². The lowest BCUT2D eigenvalue weighted by molar-refractivity contribution is -0.207. The second-order valence-corrected chi connectivity index (χ2v) is 12.8. The van der Waals surface area contributed by atoms with Crippen molar-refractivity contribution < 1.29 is 23.1 Å². The average Bonchev–Trinajstić information content (AvgIpc) is 3.51. The van der Waals surface area contributed by atoms with Gasteiger partial charge < -0.3 is 10.0 Å². The Kier molecular flexibility index (Phi) is 6.03. The molecule has 7 rings (SSSR count). The number of rotatable bonds is 6. The first-order chi connectivity index (χ1) is 19.1. The second kappa shape index (κ2) is 9.29. The van der Waals surface area contributed by atoms with Crippen LogP contribution >= 0.6 is 0 Å². The second-order valence-electron chi connectivity index (χ2n) is 12.8. The van der Waals surface area contributed by atoms with Crippen molar-refractivity contribution in [1.29, 1.82) is 0 Å². The molecule has 3 aliphatic carbocycles. The summed E-state index contributed by atoms with van der Waals surface area (Å²) in [5.74, 6) is 3.34. The molecule has 1 aromatic carbocycles. The van der Waals surface area contributed by atoms with Gasteiger partial charge >= 0.3 is 6.18 Å². The maximum absolute atomic E-state index is 13.3. The highest BCUT2D eigenvalue weighted by Crippen LogP contribution is 2.64. The lowest BCUT2D eigenvalue weighted by Gasteiger charge is -2.57. The minimum atomic E-state index is -4.70. The third-order valence-electron chi connectivity index (χ3n) is 9.77. The molecule has 0 unspecified atom stereocenters. The van der Waals surface area contributed by atoms with E-state index in [1.165, 1.54) is 17.5 Å². The fourth-order valence-corrected chi connectivity index (χ4v) is 7.33. The molecule has 1 spiro atoms. The van der Waals surface area contributed by atoms with Crippen LogP contribution in [0, 0.1) is 18.3 Å². The molecule has 1 atom stereocenters. The standard InChI is InChI=1S/C29H35F3N6O2/c1-16-2-5-22-21(10-16)24(36-38(22)15-23(39)29(30,31)32)17-6-8-37(9-7-17)27(40)20-13-28(14-20)11-19(12-28)26-33-25(34-35-26)18-3-4-18/h2,5,10,17-20,23,39H,3-4,6-9,11-15H2,1H3,(H,33,34,35)/t19?,20?,23-,28?/m0/s1. The van der Waals surface area contributed by atoms with Gasteiger partial charge in [0.1, 0.15) is 5.82 Å². The first kappa shape index (κ1) is 26.0. The van der Waals surface area contributed by atoms with E-state index in [9.17, 15) is 23.1 Å². The number of aryl methyl sites for hydroxylation is 1. The van der Waals surface area contributed by atoms with Crippen LogP contribution in [0.4, 0.5) is 13.2 Å². The Balaban J connectivity index is 0.953. The SMILES string of the molecule is Cc1ccc2c(c1)c(C1CCN(C(=O)C3CC4(C3)CC(c3n[nH]c(C5CC5)n3)C4)CC1)nn2C[C@H](O)C(F)(F)F. The van der Waals surface area contributed by atoms with Crippen LogP contribution in [0.25, 0.3) is 10.9 Å². The van der Waals surface area contributed by atoms with Gasteiger partial charge in [-0.1, -0.05) is 11.6 Å². The number of piperidine rings is 1. The van der Waals surface area contributed by atoms with Crippen LogP contribution in [-0.2, 0) is 11.3 Å². The molecule has 2 N–H and O–H groups in total. The van der Waals surface area contributed by atoms with Crippen molar-refractivity contribution in [3.63, 3.8) is 0 Å². The number of amides is 1. The first-order valence-electron chi connectivity index (χ1n) is 14.5. The number of aromatic amines is 1. The summed E-state index contributed by atoms with van der Waals surface area (Å²) in [5.41, 5.74) is 2.63. The lowest BCUT2D eigenvalue weighted by atomic mass is 9.48. The number of likely N-dealkylation sites (tertiary alicyclic amines) is 1. The van der Waals surface area contributed by atoms with Gasteiger partial charge in [0, 0.05) is 42.1 Å². The molecule has 1 amide bonds. The zero-order valence-corrected chi connectivity index (χ0v) is 22.6. The molecule has 2 aromatic heterocycles. The van der Waals surface area contributed by atoms with E-state index in [0.29, 0.717) is 30.4 Å². The summed E-state index contributed by atoms with van der Waals surface area (Å²) in [6.07, 6.45) is 0.699. The van der Waals surface area contributed by atoms with Gasteiger partial charge in [0.15, 0.2) is 11.9 Å². The smallest absolute Gasteiger partial charge is 0.382 e. The number of hydrogen-bond donors (Lipinski definition) is 2. The molecule has 3 heterocycles. The molecule has 8 nitrogen and oxygen atoms in total. The van der Waals surface area contributed by atoms with Crippen LogP contribution in [0.3, 0.4) is 0 Å². The van der Waals surface area contributed by atoms with Crippen LogP contribution in [0.1, 0.15) is 92.0 Å². The number of aliphatic hydroxyl groups excluding tert-OH is 1. The van der Waals surface area contributed by atoms with E-state index in [2.05, 4.69) is 15.3 Å². The molecule has 0 bridgehead atoms. The molecule has 214 valence electrons. The van der Waals surface area contributed by atoms with Crippen molar-refractivity contribution in [3.8, 4) is 0 Å². The van der Waals surface area contributed by atoms with E-state index < -0.39 is 18.8 Å². The van der Waals surface area contributed by atoms with Crippen molar-refractivity contribution in [2.45, 2.75) is 94.9 Å². The van der Waals surface area contributed by atoms with E-state index >= 15 is 0 Å². The number of benzene rings is 1. The average molecular weight is 557 g/mol. The number of alkyl halides is 3. The molecule has 40 heavy (non-hydrogen) atoms. The Hall–Kier alpha value is -2.95. The highest BCUT2D eigenvalue weighted by Gasteiger charge is 2.56. The summed E-state index contributed by atoms with van der Waals surface area (Å²) >= 11 is 0. The van der Waals surface area contributed by atoms with Crippen LogP contribution in [-0.4, -0.2) is 66.2 Å². The van der Waals surface area contributed by atoms with E-state index in [4.69, 9.17) is 4.98 Å². The number of hydrogen-bond acceptors (Lipinski definition) is 5. The Bertz CT molecular complexity index is 1420. The summed E-state index contributed by atoms with van der Waals surface area (Å²) in [4.78, 5) is 20.0. The molecular formula is C29H35F3N6O2. The van der Waals surface area contributed by atoms with Crippen LogP contribution in [0.15, 0.2) is 18.2 Å². The molecule has 1 saturated heterocycles. The largest absolute Gasteiger partial charge is 0.416 e. The number of nitrogens with one attached hydrogen (secondary N) is 1. The number of nitrogens with zero attached hydrogens (tertiary/aromatic N) is 5. The third-order valence-corrected chi connectivity index (χ3v) is 9.77. The number of carbonyl (C=O) groups excluding carboxylic acids is 1. The normalized spacial score (nSPS) is 28.1. The zero-order chi connectivity index (χ0) is 27.8. The van der Waals surface area contributed by atoms with Crippen molar-refractivity contribution in [2.75, 3.05) is 13.1 Å². The van der Waals surface area contributed by atoms with Crippen molar-refractivity contribution in [3.05, 3.63) is 41.1 Å². The maximum Gasteiger partial charge on any atom is 0.416 e. The number of halogens is 3. The van der Waals surface area contributed by atoms with E-state index in [-0.39, 0.29) is 23.2 Å². The molecule has 4 fully saturated rings. The van der Waals surface area contributed by atoms with Gasteiger partial charge in [0.05, 0.1) is 17.8 Å². The molecule has 0 radical (unpaired) electrons. The summed E-state index contributed by atoms with van der Waals surface area (Å²) in [7, 11) is 0. The van der Waals surface area contributed by atoms with Gasteiger partial charge in [-0.05, 0) is 75.8 Å². The molecule has 1 aliphatic heterocycles. The van der Waals surface area contributed by atoms with Crippen LogP contribution in [0.5, 0.6) is 0 Å². The first-order valence-corrected chi connectivity index (χ1v) is 14.5. The molecule has 4 aliphatic rings. The van der Waals surface area contributed by atoms with E-state index in [1.54, 1.807) is 6.07 Å². The summed E-state index contributed by atoms with van der Waals surface area (Å²) in [5, 5.41) is 22.6. The third kappa shape index (κ3) is 4.59. The molecule has 11 heteroatoms. The van der Waals surface area contributed by atoms with Gasteiger partial charge in [0.2, 0.25) is 5.91 Å². The predicted octanol–water partition coefficient (Wildman–Crippen LogP) is 4.94. The summed E-state index contributed by atoms with van der Waals surface area (Å²) < 4.78 is 40.4. The van der Waals surface area contributed by atoms with Gasteiger partial charge in [-0.2, -0.15) is 23.4 Å². The minimum absolute atomic E-state index is 0.0552. The van der Waals surface area contributed by atoms with Gasteiger partial charge in [0.25, 0.3) is 0 Å². The Labute approximate surface area is 230 Å². The summed E-state index contributed by atoms with van der Waals surface area (Å²) in [6.45, 7) is 2.56. The number of carbonyl (C=O) groups is 1. The highest BCUT2D eigenvalue weighted by molar-refractivity contribution is 5.83. The van der Waals surface area contributed by atoms with Gasteiger partial charge in [-0.15, -0.1) is 0 Å². The maximum atomic E-state index is 13.3. The Morgan fingerprint density at radius 2 is 1.82 bits per heavy atom. The number of H-pyrrole nitrogens is 1.